The van der Waals surface area contributed by atoms with E-state index in [1.807, 2.05) is 0 Å². The van der Waals surface area contributed by atoms with Crippen molar-refractivity contribution in [1.29, 1.82) is 0 Å². The minimum atomic E-state index is -0.921. The minimum Gasteiger partial charge on any atom is -0.481 e. The predicted molar refractivity (Wildman–Crippen MR) is 51.6 cm³/mol. The van der Waals surface area contributed by atoms with Crippen molar-refractivity contribution in [2.45, 2.75) is 52.1 Å². The second-order valence-electron chi connectivity index (χ2n) is 3.73. The van der Waals surface area contributed by atoms with Gasteiger partial charge in [-0.3, -0.25) is 4.79 Å². The normalized spacial score (nSPS) is 15.3. The fraction of sp³-hybridized carbons (Fsp3) is 0.900. The molecular weight excluding hydrogens is 168 g/mol. The summed E-state index contributed by atoms with van der Waals surface area (Å²) in [5.74, 6) is -0.496. The Morgan fingerprint density at radius 2 is 2.08 bits per heavy atom. The lowest BCUT2D eigenvalue weighted by Crippen LogP contribution is -2.16. The molecular formula is C10H20O3. The number of aliphatic hydroxyl groups is 1. The van der Waals surface area contributed by atoms with E-state index < -0.39 is 12.1 Å². The van der Waals surface area contributed by atoms with Gasteiger partial charge in [-0.25, -0.2) is 0 Å². The highest BCUT2D eigenvalue weighted by molar-refractivity contribution is 5.67. The Morgan fingerprint density at radius 1 is 1.46 bits per heavy atom. The van der Waals surface area contributed by atoms with E-state index >= 15 is 0 Å². The summed E-state index contributed by atoms with van der Waals surface area (Å²) in [6.07, 6.45) is 3.18. The Kier molecular flexibility index (Phi) is 6.59. The first-order valence-electron chi connectivity index (χ1n) is 4.96. The molecule has 0 aromatic heterocycles. The van der Waals surface area contributed by atoms with Crippen LogP contribution in [0.3, 0.4) is 0 Å². The van der Waals surface area contributed by atoms with E-state index in [2.05, 4.69) is 13.8 Å². The maximum Gasteiger partial charge on any atom is 0.305 e. The zero-order chi connectivity index (χ0) is 10.3. The monoisotopic (exact) mass is 188 g/mol. The third kappa shape index (κ3) is 7.78. The number of carboxylic acid groups (broad SMARTS) is 1. The highest BCUT2D eigenvalue weighted by Crippen LogP contribution is 2.15. The highest BCUT2D eigenvalue weighted by Gasteiger charge is 2.12. The van der Waals surface area contributed by atoms with Crippen molar-refractivity contribution >= 4 is 5.97 Å². The van der Waals surface area contributed by atoms with E-state index in [1.54, 1.807) is 0 Å². The Bertz CT molecular complexity index is 145. The number of rotatable bonds is 7. The third-order valence-corrected chi connectivity index (χ3v) is 2.14. The second-order valence-corrected chi connectivity index (χ2v) is 3.73. The summed E-state index contributed by atoms with van der Waals surface area (Å²) in [5, 5.41) is 17.7. The average Bonchev–Trinajstić information content (AvgIpc) is 1.98. The topological polar surface area (TPSA) is 57.5 Å². The van der Waals surface area contributed by atoms with E-state index in [9.17, 15) is 9.90 Å². The molecule has 0 aliphatic rings. The van der Waals surface area contributed by atoms with Crippen LogP contribution in [0.5, 0.6) is 0 Å². The van der Waals surface area contributed by atoms with Crippen molar-refractivity contribution in [3.8, 4) is 0 Å². The number of unbranched alkanes of at least 4 members (excludes halogenated alkanes) is 1. The molecule has 0 amide bonds. The molecule has 0 aromatic rings. The van der Waals surface area contributed by atoms with Crippen LogP contribution in [0, 0.1) is 5.92 Å². The summed E-state index contributed by atoms with van der Waals surface area (Å²) in [6.45, 7) is 4.18. The van der Waals surface area contributed by atoms with Gasteiger partial charge in [-0.1, -0.05) is 33.1 Å². The number of carbonyl (C=O) groups is 1. The molecule has 0 radical (unpaired) electrons. The number of aliphatic hydroxyl groups excluding tert-OH is 1. The summed E-state index contributed by atoms with van der Waals surface area (Å²) in [4.78, 5) is 10.2. The molecule has 78 valence electrons. The quantitative estimate of drug-likeness (QED) is 0.642. The molecule has 3 heteroatoms. The largest absolute Gasteiger partial charge is 0.481 e. The molecule has 2 N–H and O–H groups in total. The fourth-order valence-corrected chi connectivity index (χ4v) is 1.42. The second kappa shape index (κ2) is 6.89. The maximum absolute atomic E-state index is 10.2. The molecule has 0 bridgehead atoms. The Balaban J connectivity index is 3.52. The summed E-state index contributed by atoms with van der Waals surface area (Å²) in [5.41, 5.74) is 0. The number of hydrogen-bond acceptors (Lipinski definition) is 2. The molecule has 13 heavy (non-hydrogen) atoms. The van der Waals surface area contributed by atoms with Crippen LogP contribution in [0.1, 0.15) is 46.0 Å². The van der Waals surface area contributed by atoms with E-state index in [4.69, 9.17) is 5.11 Å². The van der Waals surface area contributed by atoms with E-state index in [0.717, 1.165) is 19.3 Å². The Hall–Kier alpha value is -0.570. The van der Waals surface area contributed by atoms with Gasteiger partial charge in [-0.15, -0.1) is 0 Å². The van der Waals surface area contributed by atoms with E-state index in [1.165, 1.54) is 0 Å². The molecule has 2 atom stereocenters. The van der Waals surface area contributed by atoms with Gasteiger partial charge in [-0.2, -0.15) is 0 Å². The molecule has 0 saturated carbocycles. The zero-order valence-corrected chi connectivity index (χ0v) is 8.49. The van der Waals surface area contributed by atoms with Gasteiger partial charge in [0.05, 0.1) is 12.5 Å². The first-order chi connectivity index (χ1) is 6.06. The van der Waals surface area contributed by atoms with Crippen molar-refractivity contribution in [1.82, 2.24) is 0 Å². The van der Waals surface area contributed by atoms with Crippen molar-refractivity contribution in [3.63, 3.8) is 0 Å². The van der Waals surface area contributed by atoms with Crippen molar-refractivity contribution in [2.75, 3.05) is 0 Å². The first kappa shape index (κ1) is 12.4. The molecule has 0 heterocycles. The molecule has 1 unspecified atom stereocenters. The predicted octanol–water partition coefficient (Wildman–Crippen LogP) is 2.04. The zero-order valence-electron chi connectivity index (χ0n) is 8.49. The number of hydrogen-bond donors (Lipinski definition) is 2. The molecule has 0 aromatic carbocycles. The van der Waals surface area contributed by atoms with Crippen LogP contribution in [0.15, 0.2) is 0 Å². The van der Waals surface area contributed by atoms with Crippen LogP contribution < -0.4 is 0 Å². The lowest BCUT2D eigenvalue weighted by molar-refractivity contribution is -0.139. The molecule has 0 fully saturated rings. The fourth-order valence-electron chi connectivity index (χ4n) is 1.42. The van der Waals surface area contributed by atoms with Gasteiger partial charge >= 0.3 is 5.97 Å². The van der Waals surface area contributed by atoms with Gasteiger partial charge in [0.2, 0.25) is 0 Å². The maximum atomic E-state index is 10.2. The summed E-state index contributed by atoms with van der Waals surface area (Å²) in [6, 6.07) is 0. The Morgan fingerprint density at radius 3 is 2.54 bits per heavy atom. The van der Waals surface area contributed by atoms with Gasteiger partial charge in [0, 0.05) is 0 Å². The average molecular weight is 188 g/mol. The molecule has 0 saturated heterocycles. The van der Waals surface area contributed by atoms with Crippen LogP contribution >= 0.6 is 0 Å². The van der Waals surface area contributed by atoms with Gasteiger partial charge in [0.1, 0.15) is 0 Å². The minimum absolute atomic E-state index is 0.129. The van der Waals surface area contributed by atoms with Gasteiger partial charge in [-0.05, 0) is 12.3 Å². The summed E-state index contributed by atoms with van der Waals surface area (Å²) in [7, 11) is 0. The van der Waals surface area contributed by atoms with Crippen LogP contribution in [-0.2, 0) is 4.79 Å². The van der Waals surface area contributed by atoms with Crippen molar-refractivity contribution in [3.05, 3.63) is 0 Å². The van der Waals surface area contributed by atoms with Gasteiger partial charge in [0.15, 0.2) is 0 Å². The highest BCUT2D eigenvalue weighted by atomic mass is 16.4. The lowest BCUT2D eigenvalue weighted by atomic mass is 9.96. The van der Waals surface area contributed by atoms with E-state index in [0.29, 0.717) is 12.3 Å². The number of aliphatic carboxylic acids is 1. The van der Waals surface area contributed by atoms with Crippen LogP contribution in [-0.4, -0.2) is 22.3 Å². The molecule has 0 aliphatic heterocycles. The molecule has 0 rings (SSSR count). The smallest absolute Gasteiger partial charge is 0.305 e. The third-order valence-electron chi connectivity index (χ3n) is 2.14. The summed E-state index contributed by atoms with van der Waals surface area (Å²) < 4.78 is 0. The van der Waals surface area contributed by atoms with E-state index in [-0.39, 0.29) is 6.42 Å². The SMILES string of the molecule is CCCC[C@@H](C)CC(O)CC(=O)O. The standard InChI is InChI=1S/C10H20O3/c1-3-4-5-8(2)6-9(11)7-10(12)13/h8-9,11H,3-7H2,1-2H3,(H,12,13)/t8-,9?/m1/s1. The van der Waals surface area contributed by atoms with Crippen LogP contribution in [0.25, 0.3) is 0 Å². The Labute approximate surface area is 79.8 Å². The summed E-state index contributed by atoms with van der Waals surface area (Å²) >= 11 is 0. The molecule has 0 aliphatic carbocycles. The lowest BCUT2D eigenvalue weighted by Gasteiger charge is -2.14. The van der Waals surface area contributed by atoms with Gasteiger partial charge < -0.3 is 10.2 Å². The number of carboxylic acids is 1. The first-order valence-corrected chi connectivity index (χ1v) is 4.96. The van der Waals surface area contributed by atoms with Crippen LogP contribution in [0.4, 0.5) is 0 Å². The van der Waals surface area contributed by atoms with Crippen molar-refractivity contribution in [2.24, 2.45) is 5.92 Å². The molecule has 3 nitrogen and oxygen atoms in total. The van der Waals surface area contributed by atoms with Crippen molar-refractivity contribution < 1.29 is 15.0 Å². The van der Waals surface area contributed by atoms with Gasteiger partial charge in [0.25, 0.3) is 0 Å². The van der Waals surface area contributed by atoms with Crippen LogP contribution in [0.2, 0.25) is 0 Å². The molecule has 0 spiro atoms.